The van der Waals surface area contributed by atoms with Crippen LogP contribution in [0.1, 0.15) is 45.2 Å². The van der Waals surface area contributed by atoms with E-state index in [1.165, 1.54) is 0 Å². The number of hydrogen-bond donors (Lipinski definition) is 1. The number of carbonyl (C=O) groups is 2. The maximum absolute atomic E-state index is 13.8. The van der Waals surface area contributed by atoms with Gasteiger partial charge in [0.25, 0.3) is 5.91 Å². The summed E-state index contributed by atoms with van der Waals surface area (Å²) in [7, 11) is 3.17. The Morgan fingerprint density at radius 3 is 2.59 bits per heavy atom. The lowest BCUT2D eigenvalue weighted by Gasteiger charge is -2.33. The first-order valence-electron chi connectivity index (χ1n) is 12.1. The van der Waals surface area contributed by atoms with Gasteiger partial charge in [-0.1, -0.05) is 19.9 Å². The largest absolute Gasteiger partial charge is 0.497 e. The van der Waals surface area contributed by atoms with Gasteiger partial charge in [-0.05, 0) is 57.6 Å². The number of hydrogen-bond acceptors (Lipinski definition) is 5. The molecule has 0 fully saturated rings. The Labute approximate surface area is 203 Å². The van der Waals surface area contributed by atoms with Crippen molar-refractivity contribution < 1.29 is 19.1 Å². The monoisotopic (exact) mass is 470 g/mol. The maximum Gasteiger partial charge on any atom is 0.322 e. The summed E-state index contributed by atoms with van der Waals surface area (Å²) in [5.74, 6) is 1.18. The minimum absolute atomic E-state index is 0.0470. The van der Waals surface area contributed by atoms with Crippen molar-refractivity contribution >= 4 is 11.9 Å². The van der Waals surface area contributed by atoms with Gasteiger partial charge in [-0.3, -0.25) is 9.69 Å². The number of nitrogens with one attached hydrogen (secondary N) is 1. The number of ether oxygens (including phenoxy) is 2. The van der Waals surface area contributed by atoms with E-state index in [0.717, 1.165) is 38.2 Å². The van der Waals surface area contributed by atoms with Gasteiger partial charge >= 0.3 is 6.03 Å². The second kappa shape index (κ2) is 11.4. The molecular weight excluding hydrogens is 432 g/mol. The van der Waals surface area contributed by atoms with Gasteiger partial charge in [0.15, 0.2) is 0 Å². The van der Waals surface area contributed by atoms with Crippen LogP contribution in [-0.2, 0) is 4.79 Å². The minimum Gasteiger partial charge on any atom is -0.497 e. The smallest absolute Gasteiger partial charge is 0.322 e. The summed E-state index contributed by atoms with van der Waals surface area (Å²) in [5.41, 5.74) is 2.02. The number of nitrogens with zero attached hydrogens (tertiary/aromatic N) is 3. The highest BCUT2D eigenvalue weighted by atomic mass is 16.5. The third-order valence-electron chi connectivity index (χ3n) is 6.83. The number of carbonyl (C=O) groups excluding carboxylic acids is 2. The van der Waals surface area contributed by atoms with Crippen LogP contribution in [0.4, 0.5) is 4.79 Å². The zero-order valence-corrected chi connectivity index (χ0v) is 21.1. The van der Waals surface area contributed by atoms with Crippen LogP contribution in [0.2, 0.25) is 0 Å². The lowest BCUT2D eigenvalue weighted by Crippen LogP contribution is -2.47. The molecule has 3 rings (SSSR count). The number of amides is 3. The first kappa shape index (κ1) is 25.6. The third kappa shape index (κ3) is 5.06. The Bertz CT molecular complexity index is 941. The predicted molar refractivity (Wildman–Crippen MR) is 133 cm³/mol. The molecule has 2 aliphatic rings. The van der Waals surface area contributed by atoms with Crippen molar-refractivity contribution in [2.45, 2.75) is 45.7 Å². The van der Waals surface area contributed by atoms with E-state index in [1.807, 2.05) is 11.0 Å². The van der Waals surface area contributed by atoms with Gasteiger partial charge in [0, 0.05) is 18.2 Å². The van der Waals surface area contributed by atoms with Crippen LogP contribution in [0.15, 0.2) is 42.1 Å². The highest BCUT2D eigenvalue weighted by Crippen LogP contribution is 2.41. The van der Waals surface area contributed by atoms with Crippen molar-refractivity contribution in [1.29, 1.82) is 0 Å². The van der Waals surface area contributed by atoms with Gasteiger partial charge in [0.2, 0.25) is 0 Å². The molecule has 34 heavy (non-hydrogen) atoms. The fourth-order valence-corrected chi connectivity index (χ4v) is 4.80. The van der Waals surface area contributed by atoms with Crippen LogP contribution >= 0.6 is 0 Å². The molecule has 0 saturated heterocycles. The van der Waals surface area contributed by atoms with E-state index in [1.54, 1.807) is 37.3 Å². The lowest BCUT2D eigenvalue weighted by atomic mass is 9.94. The van der Waals surface area contributed by atoms with E-state index in [-0.39, 0.29) is 18.0 Å². The molecule has 1 aromatic carbocycles. The molecule has 0 radical (unpaired) electrons. The van der Waals surface area contributed by atoms with Crippen molar-refractivity contribution in [1.82, 2.24) is 20.0 Å². The van der Waals surface area contributed by atoms with Crippen LogP contribution in [0.25, 0.3) is 0 Å². The molecule has 0 aromatic heterocycles. The average Bonchev–Trinajstić information content (AvgIpc) is 3.20. The summed E-state index contributed by atoms with van der Waals surface area (Å²) < 4.78 is 11.0. The molecule has 186 valence electrons. The van der Waals surface area contributed by atoms with Gasteiger partial charge in [0.05, 0.1) is 38.1 Å². The SMILES string of the molecule is C=CCN1C(=O)NC(c2cc(OC)ccc2OC)C2=C1CN(C(C)CCCN(CC)CC)C2=O. The number of urea groups is 1. The van der Waals surface area contributed by atoms with Crippen LogP contribution in [0.3, 0.4) is 0 Å². The zero-order chi connectivity index (χ0) is 24.8. The maximum atomic E-state index is 13.8. The van der Waals surface area contributed by atoms with Crippen molar-refractivity contribution in [3.05, 3.63) is 47.7 Å². The average molecular weight is 471 g/mol. The summed E-state index contributed by atoms with van der Waals surface area (Å²) in [6.07, 6.45) is 3.59. The van der Waals surface area contributed by atoms with Gasteiger partial charge < -0.3 is 24.6 Å². The quantitative estimate of drug-likeness (QED) is 0.473. The zero-order valence-electron chi connectivity index (χ0n) is 21.1. The molecule has 0 aliphatic carbocycles. The van der Waals surface area contributed by atoms with E-state index >= 15 is 0 Å². The summed E-state index contributed by atoms with van der Waals surface area (Å²) in [5, 5.41) is 3.02. The molecule has 0 saturated carbocycles. The van der Waals surface area contributed by atoms with Gasteiger partial charge in [0.1, 0.15) is 11.5 Å². The first-order valence-corrected chi connectivity index (χ1v) is 12.1. The third-order valence-corrected chi connectivity index (χ3v) is 6.83. The highest BCUT2D eigenvalue weighted by molar-refractivity contribution is 6.01. The second-order valence-electron chi connectivity index (χ2n) is 8.70. The molecule has 2 unspecified atom stereocenters. The van der Waals surface area contributed by atoms with Crippen molar-refractivity contribution in [3.63, 3.8) is 0 Å². The molecule has 8 nitrogen and oxygen atoms in total. The molecule has 8 heteroatoms. The van der Waals surface area contributed by atoms with E-state index in [9.17, 15) is 9.59 Å². The molecule has 1 aromatic rings. The number of benzene rings is 1. The summed E-state index contributed by atoms with van der Waals surface area (Å²) in [4.78, 5) is 32.8. The molecule has 3 amide bonds. The van der Waals surface area contributed by atoms with Crippen molar-refractivity contribution in [2.75, 3.05) is 46.9 Å². The fraction of sp³-hybridized carbons (Fsp3) is 0.538. The topological polar surface area (TPSA) is 74.4 Å². The fourth-order valence-electron chi connectivity index (χ4n) is 4.80. The second-order valence-corrected chi connectivity index (χ2v) is 8.70. The molecule has 1 N–H and O–H groups in total. The molecule has 2 atom stereocenters. The van der Waals surface area contributed by atoms with Gasteiger partial charge in [-0.25, -0.2) is 4.79 Å². The van der Waals surface area contributed by atoms with Crippen LogP contribution in [0.5, 0.6) is 11.5 Å². The van der Waals surface area contributed by atoms with E-state index < -0.39 is 6.04 Å². The summed E-state index contributed by atoms with van der Waals surface area (Å²) >= 11 is 0. The normalized spacial score (nSPS) is 18.8. The van der Waals surface area contributed by atoms with E-state index in [0.29, 0.717) is 35.7 Å². The van der Waals surface area contributed by atoms with Crippen molar-refractivity contribution in [3.8, 4) is 11.5 Å². The van der Waals surface area contributed by atoms with Gasteiger partial charge in [-0.2, -0.15) is 0 Å². The summed E-state index contributed by atoms with van der Waals surface area (Å²) in [6, 6.07) is 4.60. The summed E-state index contributed by atoms with van der Waals surface area (Å²) in [6.45, 7) is 14.0. The Morgan fingerprint density at radius 2 is 1.97 bits per heavy atom. The Morgan fingerprint density at radius 1 is 1.24 bits per heavy atom. The standard InChI is InChI=1S/C26H38N4O4/c1-7-14-29-21-17-30(18(4)11-10-15-28(8-2)9-3)25(31)23(21)24(27-26(29)32)20-16-19(33-5)12-13-22(20)34-6/h7,12-13,16,18,24H,1,8-11,14-15,17H2,2-6H3,(H,27,32). The predicted octanol–water partition coefficient (Wildman–Crippen LogP) is 3.56. The lowest BCUT2D eigenvalue weighted by molar-refractivity contribution is -0.127. The number of rotatable bonds is 12. The highest BCUT2D eigenvalue weighted by Gasteiger charge is 2.45. The molecule has 2 heterocycles. The van der Waals surface area contributed by atoms with E-state index in [2.05, 4.69) is 37.6 Å². The Kier molecular flexibility index (Phi) is 8.61. The molecule has 0 spiro atoms. The Balaban J connectivity index is 1.92. The molecule has 0 bridgehead atoms. The van der Waals surface area contributed by atoms with Crippen LogP contribution in [-0.4, -0.2) is 79.6 Å². The molecular formula is C26H38N4O4. The first-order chi connectivity index (χ1) is 16.4. The van der Waals surface area contributed by atoms with Crippen molar-refractivity contribution in [2.24, 2.45) is 0 Å². The minimum atomic E-state index is -0.617. The number of methoxy groups -OCH3 is 2. The Hall–Kier alpha value is -3.00. The van der Waals surface area contributed by atoms with Crippen LogP contribution in [0, 0.1) is 0 Å². The van der Waals surface area contributed by atoms with Gasteiger partial charge in [-0.15, -0.1) is 6.58 Å². The molecule has 2 aliphatic heterocycles. The van der Waals surface area contributed by atoms with Crippen LogP contribution < -0.4 is 14.8 Å². The van der Waals surface area contributed by atoms with E-state index in [4.69, 9.17) is 9.47 Å².